The molecular formula is C96H58N8. The molecule has 0 amide bonds. The summed E-state index contributed by atoms with van der Waals surface area (Å²) in [6.45, 7) is 9.50. The lowest BCUT2D eigenvalue weighted by molar-refractivity contribution is 1.09. The first-order chi connectivity index (χ1) is 51.6. The van der Waals surface area contributed by atoms with Crippen LogP contribution >= 0.6 is 0 Å². The van der Waals surface area contributed by atoms with Crippen molar-refractivity contribution in [2.24, 2.45) is 0 Å². The Morgan fingerprint density at radius 2 is 0.442 bits per heavy atom. The Morgan fingerprint density at radius 3 is 0.712 bits per heavy atom. The average Bonchev–Trinajstić information content (AvgIpc) is 1.54. The lowest BCUT2D eigenvalue weighted by Crippen LogP contribution is -2.05. The largest absolute Gasteiger partial charge is 0.309 e. The third-order valence-electron chi connectivity index (χ3n) is 21.8. The first-order valence-corrected chi connectivity index (χ1v) is 35.4. The van der Waals surface area contributed by atoms with E-state index in [9.17, 15) is 6.57 Å². The van der Waals surface area contributed by atoms with Crippen LogP contribution in [0.1, 0.15) is 0 Å². The zero-order valence-electron chi connectivity index (χ0n) is 56.1. The smallest absolute Gasteiger partial charge is 0.197 e. The molecule has 0 saturated heterocycles. The number of hydrogen-bond donors (Lipinski definition) is 0. The van der Waals surface area contributed by atoms with Crippen molar-refractivity contribution in [3.63, 3.8) is 0 Å². The summed E-state index contributed by atoms with van der Waals surface area (Å²) in [5.41, 5.74) is 24.9. The van der Waals surface area contributed by atoms with Gasteiger partial charge in [0.25, 0.3) is 0 Å². The van der Waals surface area contributed by atoms with E-state index >= 15 is 0 Å². The molecule has 0 aliphatic carbocycles. The summed E-state index contributed by atoms with van der Waals surface area (Å²) in [5, 5.41) is 13.9. The monoisotopic (exact) mass is 1320 g/mol. The number of benzene rings is 15. The highest BCUT2D eigenvalue weighted by Gasteiger charge is 2.27. The molecule has 0 atom stereocenters. The van der Waals surface area contributed by atoms with Gasteiger partial charge in [-0.3, -0.25) is 0 Å². The molecule has 8 heteroatoms. The topological polar surface area (TPSA) is 46.8 Å². The van der Waals surface area contributed by atoms with E-state index in [4.69, 9.17) is 4.98 Å². The van der Waals surface area contributed by atoms with Crippen molar-refractivity contribution in [2.75, 3.05) is 0 Å². The first-order valence-electron chi connectivity index (χ1n) is 35.4. The molecule has 0 unspecified atom stereocenters. The predicted molar refractivity (Wildman–Crippen MR) is 433 cm³/mol. The van der Waals surface area contributed by atoms with E-state index in [0.29, 0.717) is 5.69 Å². The van der Waals surface area contributed by atoms with Crippen molar-refractivity contribution in [1.29, 1.82) is 0 Å². The van der Waals surface area contributed by atoms with Gasteiger partial charge in [0.1, 0.15) is 0 Å². The van der Waals surface area contributed by atoms with E-state index in [2.05, 4.69) is 372 Å². The van der Waals surface area contributed by atoms with Crippen LogP contribution in [-0.4, -0.2) is 32.4 Å². The minimum absolute atomic E-state index is 0.509. The second-order valence-electron chi connectivity index (χ2n) is 27.3. The Labute approximate surface area is 596 Å². The minimum Gasteiger partial charge on any atom is -0.309 e. The van der Waals surface area contributed by atoms with Gasteiger partial charge in [0.05, 0.1) is 95.5 Å². The summed E-state index contributed by atoms with van der Waals surface area (Å²) in [5.74, 6) is 0. The van der Waals surface area contributed by atoms with Gasteiger partial charge in [-0.1, -0.05) is 206 Å². The van der Waals surface area contributed by atoms with Crippen LogP contribution in [0.25, 0.3) is 203 Å². The van der Waals surface area contributed by atoms with E-state index in [1.807, 2.05) is 12.1 Å². The Hall–Kier alpha value is -14.3. The second-order valence-corrected chi connectivity index (χ2v) is 27.3. The Kier molecular flexibility index (Phi) is 12.4. The quantitative estimate of drug-likeness (QED) is 0.133. The maximum atomic E-state index is 9.50. The lowest BCUT2D eigenvalue weighted by atomic mass is 9.97. The molecule has 0 aliphatic heterocycles. The molecule has 0 saturated carbocycles. The van der Waals surface area contributed by atoms with E-state index in [1.165, 1.54) is 43.1 Å². The highest BCUT2D eigenvalue weighted by atomic mass is 15.1. The van der Waals surface area contributed by atoms with Gasteiger partial charge in [0.2, 0.25) is 0 Å². The summed E-state index contributed by atoms with van der Waals surface area (Å²) in [7, 11) is 0. The van der Waals surface area contributed by atoms with Crippen LogP contribution in [0.4, 0.5) is 5.69 Å². The minimum atomic E-state index is 0.509. The third kappa shape index (κ3) is 8.44. The van der Waals surface area contributed by atoms with Crippen LogP contribution in [-0.2, 0) is 0 Å². The molecule has 7 aromatic heterocycles. The third-order valence-corrected chi connectivity index (χ3v) is 21.8. The summed E-state index contributed by atoms with van der Waals surface area (Å²) in [6, 6.07) is 128. The summed E-state index contributed by atoms with van der Waals surface area (Å²) < 4.78 is 14.6. The van der Waals surface area contributed by atoms with Crippen LogP contribution in [0.5, 0.6) is 0 Å². The molecule has 0 spiro atoms. The highest BCUT2D eigenvalue weighted by molar-refractivity contribution is 6.18. The van der Waals surface area contributed by atoms with E-state index in [0.717, 1.165) is 156 Å². The fourth-order valence-corrected chi connectivity index (χ4v) is 17.3. The van der Waals surface area contributed by atoms with Crippen LogP contribution in [0.3, 0.4) is 0 Å². The number of hydrogen-bond acceptors (Lipinski definition) is 1. The Balaban J connectivity index is 0.879. The van der Waals surface area contributed by atoms with Gasteiger partial charge in [0.15, 0.2) is 5.69 Å². The number of pyridine rings is 1. The van der Waals surface area contributed by atoms with Crippen molar-refractivity contribution in [3.8, 4) is 67.8 Å². The molecule has 0 aliphatic rings. The summed E-state index contributed by atoms with van der Waals surface area (Å²) >= 11 is 0. The molecule has 0 bridgehead atoms. The van der Waals surface area contributed by atoms with E-state index in [1.54, 1.807) is 0 Å². The SMILES string of the molecule is [C-]#[N+]c1cc(-n2c3ccc(-n4c5ccccc5c5ccccc54)cc3c3cc(-n4c5ccccc5c5ccccc54)ccc32)c(-n2c3ccc(-n4c5ccccc5c5ccccc54)cc3c3cc(-n4c5ccccc5c5ccccc54)ccc32)cc1-c1cc(-c2ccccc2)nc(-c2ccccc2)c1. The van der Waals surface area contributed by atoms with Crippen LogP contribution in [0.15, 0.2) is 352 Å². The van der Waals surface area contributed by atoms with E-state index < -0.39 is 0 Å². The standard InChI is InChI=1S/C96H58N8/c1-97-82-59-96(104-93-50-46-65(101-87-40-20-12-32-71(87)72-33-13-21-41-88(72)101)56-78(93)79-57-66(47-51-94(79)104)102-89-42-22-14-34-73(89)74-35-15-23-43-90(74)102)95(58-75(82)62-52-80(60-24-4-2-5-25-60)98-81(53-62)61-26-6-3-7-27-61)103-91-48-44-63(99-83-36-16-8-28-67(83)68-29-9-17-37-84(68)99)54-76(91)77-55-64(45-49-92(77)103)100-85-38-18-10-30-69(85)70-31-11-19-39-86(70)100/h2-59H. The van der Waals surface area contributed by atoms with Gasteiger partial charge >= 0.3 is 0 Å². The van der Waals surface area contributed by atoms with Gasteiger partial charge < -0.3 is 27.4 Å². The number of aromatic nitrogens is 7. The van der Waals surface area contributed by atoms with Crippen LogP contribution < -0.4 is 0 Å². The van der Waals surface area contributed by atoms with Gasteiger partial charge in [-0.25, -0.2) is 9.83 Å². The maximum absolute atomic E-state index is 9.50. The number of fused-ring (bicyclic) bond motifs is 18. The number of rotatable bonds is 9. The molecule has 482 valence electrons. The second kappa shape index (κ2) is 22.4. The van der Waals surface area contributed by atoms with Crippen molar-refractivity contribution in [2.45, 2.75) is 0 Å². The maximum Gasteiger partial charge on any atom is 0.197 e. The molecule has 22 aromatic rings. The molecule has 8 nitrogen and oxygen atoms in total. The average molecular weight is 1320 g/mol. The van der Waals surface area contributed by atoms with Crippen LogP contribution in [0, 0.1) is 6.57 Å². The van der Waals surface area contributed by atoms with Crippen molar-refractivity contribution >= 4 is 137 Å². The molecule has 15 aromatic carbocycles. The number of para-hydroxylation sites is 8. The number of nitrogens with zero attached hydrogens (tertiary/aromatic N) is 8. The van der Waals surface area contributed by atoms with Gasteiger partial charge in [-0.15, -0.1) is 0 Å². The summed E-state index contributed by atoms with van der Waals surface area (Å²) in [6.07, 6.45) is 0. The molecular weight excluding hydrogens is 1270 g/mol. The van der Waals surface area contributed by atoms with Crippen molar-refractivity contribution in [3.05, 3.63) is 363 Å². The predicted octanol–water partition coefficient (Wildman–Crippen LogP) is 25.2. The fourth-order valence-electron chi connectivity index (χ4n) is 17.3. The zero-order valence-corrected chi connectivity index (χ0v) is 56.1. The molecule has 104 heavy (non-hydrogen) atoms. The molecule has 0 fully saturated rings. The van der Waals surface area contributed by atoms with E-state index in [-0.39, 0.29) is 0 Å². The van der Waals surface area contributed by atoms with Gasteiger partial charge in [0, 0.05) is 98.5 Å². The van der Waals surface area contributed by atoms with Crippen molar-refractivity contribution < 1.29 is 0 Å². The Morgan fingerprint density at radius 1 is 0.202 bits per heavy atom. The first kappa shape index (κ1) is 57.6. The molecule has 0 N–H and O–H groups in total. The van der Waals surface area contributed by atoms with Crippen molar-refractivity contribution in [1.82, 2.24) is 32.4 Å². The van der Waals surface area contributed by atoms with Crippen LogP contribution in [0.2, 0.25) is 0 Å². The zero-order chi connectivity index (χ0) is 68.3. The molecule has 22 rings (SSSR count). The van der Waals surface area contributed by atoms with Gasteiger partial charge in [-0.2, -0.15) is 0 Å². The van der Waals surface area contributed by atoms with Gasteiger partial charge in [-0.05, 0) is 157 Å². The highest BCUT2D eigenvalue weighted by Crippen LogP contribution is 2.48. The summed E-state index contributed by atoms with van der Waals surface area (Å²) in [4.78, 5) is 10.0. The normalized spacial score (nSPS) is 12.0. The molecule has 7 heterocycles. The fraction of sp³-hybridized carbons (Fsp3) is 0. The lowest BCUT2D eigenvalue weighted by Gasteiger charge is -2.20. The Bertz CT molecular complexity index is 6820. The molecule has 0 radical (unpaired) electrons.